The van der Waals surface area contributed by atoms with Gasteiger partial charge in [-0.05, 0) is 6.42 Å². The van der Waals surface area contributed by atoms with Gasteiger partial charge >= 0.3 is 0 Å². The van der Waals surface area contributed by atoms with E-state index in [1.807, 2.05) is 6.07 Å². The van der Waals surface area contributed by atoms with E-state index >= 15 is 0 Å². The second kappa shape index (κ2) is 5.78. The molecule has 0 saturated heterocycles. The van der Waals surface area contributed by atoms with Crippen LogP contribution in [0.4, 0.5) is 5.82 Å². The molecular formula is C9H12N4O2. The number of carbonyl (C=O) groups excluding carboxylic acids is 1. The Morgan fingerprint density at radius 1 is 1.80 bits per heavy atom. The molecule has 0 unspecified atom stereocenters. The zero-order valence-electron chi connectivity index (χ0n) is 8.41. The highest BCUT2D eigenvalue weighted by Crippen LogP contribution is 2.09. The summed E-state index contributed by atoms with van der Waals surface area (Å²) in [5.74, 6) is 0.188. The molecule has 1 aromatic heterocycles. The van der Waals surface area contributed by atoms with Gasteiger partial charge in [0.25, 0.3) is 0 Å². The Bertz CT molecular complexity index is 366. The van der Waals surface area contributed by atoms with Gasteiger partial charge in [-0.3, -0.25) is 9.89 Å². The summed E-state index contributed by atoms with van der Waals surface area (Å²) in [5.41, 5.74) is 0.329. The SMILES string of the molecule is COCCCC(=O)Nc1[nH]ncc1C#N. The number of rotatable bonds is 5. The minimum absolute atomic E-state index is 0.159. The summed E-state index contributed by atoms with van der Waals surface area (Å²) in [7, 11) is 1.58. The Morgan fingerprint density at radius 3 is 3.27 bits per heavy atom. The second-order valence-corrected chi connectivity index (χ2v) is 2.92. The molecule has 1 rings (SSSR count). The number of H-pyrrole nitrogens is 1. The summed E-state index contributed by atoms with van der Waals surface area (Å²) < 4.78 is 4.82. The van der Waals surface area contributed by atoms with Crippen molar-refractivity contribution in [3.05, 3.63) is 11.8 Å². The lowest BCUT2D eigenvalue weighted by Crippen LogP contribution is -2.13. The first-order valence-corrected chi connectivity index (χ1v) is 4.50. The molecule has 0 spiro atoms. The van der Waals surface area contributed by atoms with Gasteiger partial charge in [0.2, 0.25) is 5.91 Å². The van der Waals surface area contributed by atoms with Crippen LogP contribution >= 0.6 is 0 Å². The van der Waals surface area contributed by atoms with Crippen molar-refractivity contribution in [3.8, 4) is 6.07 Å². The molecule has 0 aliphatic rings. The smallest absolute Gasteiger partial charge is 0.225 e. The minimum atomic E-state index is -0.159. The molecule has 0 radical (unpaired) electrons. The van der Waals surface area contributed by atoms with Crippen molar-refractivity contribution in [1.29, 1.82) is 5.26 Å². The highest BCUT2D eigenvalue weighted by molar-refractivity contribution is 5.90. The Hall–Kier alpha value is -1.87. The number of ether oxygens (including phenoxy) is 1. The van der Waals surface area contributed by atoms with Crippen LogP contribution in [0.2, 0.25) is 0 Å². The molecule has 1 amide bonds. The van der Waals surface area contributed by atoms with Gasteiger partial charge in [-0.1, -0.05) is 0 Å². The highest BCUT2D eigenvalue weighted by atomic mass is 16.5. The van der Waals surface area contributed by atoms with Gasteiger partial charge in [-0.2, -0.15) is 10.4 Å². The average molecular weight is 208 g/mol. The van der Waals surface area contributed by atoms with Gasteiger partial charge in [-0.15, -0.1) is 0 Å². The molecule has 0 aromatic carbocycles. The summed E-state index contributed by atoms with van der Waals surface area (Å²) in [6.07, 6.45) is 2.38. The number of aromatic amines is 1. The van der Waals surface area contributed by atoms with Crippen molar-refractivity contribution in [2.45, 2.75) is 12.8 Å². The topological polar surface area (TPSA) is 90.8 Å². The van der Waals surface area contributed by atoms with Crippen LogP contribution < -0.4 is 5.32 Å². The van der Waals surface area contributed by atoms with Crippen molar-refractivity contribution < 1.29 is 9.53 Å². The Balaban J connectivity index is 2.42. The molecule has 80 valence electrons. The lowest BCUT2D eigenvalue weighted by molar-refractivity contribution is -0.116. The van der Waals surface area contributed by atoms with Crippen LogP contribution in [0.3, 0.4) is 0 Å². The molecule has 0 atom stereocenters. The van der Waals surface area contributed by atoms with E-state index in [9.17, 15) is 4.79 Å². The third-order valence-electron chi connectivity index (χ3n) is 1.78. The maximum absolute atomic E-state index is 11.3. The highest BCUT2D eigenvalue weighted by Gasteiger charge is 2.07. The fourth-order valence-corrected chi connectivity index (χ4v) is 1.05. The zero-order valence-corrected chi connectivity index (χ0v) is 8.41. The number of hydrogen-bond acceptors (Lipinski definition) is 4. The monoisotopic (exact) mass is 208 g/mol. The molecule has 0 fully saturated rings. The maximum atomic E-state index is 11.3. The summed E-state index contributed by atoms with van der Waals surface area (Å²) in [6, 6.07) is 1.92. The second-order valence-electron chi connectivity index (χ2n) is 2.92. The number of nitrogens with zero attached hydrogens (tertiary/aromatic N) is 2. The number of nitriles is 1. The van der Waals surface area contributed by atoms with E-state index in [4.69, 9.17) is 10.00 Å². The van der Waals surface area contributed by atoms with E-state index in [-0.39, 0.29) is 5.91 Å². The molecule has 0 aliphatic carbocycles. The summed E-state index contributed by atoms with van der Waals surface area (Å²) >= 11 is 0. The maximum Gasteiger partial charge on any atom is 0.225 e. The molecular weight excluding hydrogens is 196 g/mol. The predicted molar refractivity (Wildman–Crippen MR) is 53.0 cm³/mol. The quantitative estimate of drug-likeness (QED) is 0.695. The standard InChI is InChI=1S/C9H12N4O2/c1-15-4-2-3-8(14)12-9-7(5-10)6-11-13-9/h6H,2-4H2,1H3,(H2,11,12,13,14). The number of carbonyl (C=O) groups is 1. The minimum Gasteiger partial charge on any atom is -0.385 e. The van der Waals surface area contributed by atoms with Gasteiger partial charge < -0.3 is 10.1 Å². The van der Waals surface area contributed by atoms with Gasteiger partial charge in [0.15, 0.2) is 0 Å². The van der Waals surface area contributed by atoms with Gasteiger partial charge in [-0.25, -0.2) is 0 Å². The van der Waals surface area contributed by atoms with E-state index < -0.39 is 0 Å². The molecule has 2 N–H and O–H groups in total. The third kappa shape index (κ3) is 3.40. The Kier molecular flexibility index (Phi) is 4.31. The normalized spacial score (nSPS) is 9.60. The van der Waals surface area contributed by atoms with E-state index in [0.717, 1.165) is 0 Å². The average Bonchev–Trinajstić information content (AvgIpc) is 2.65. The summed E-state index contributed by atoms with van der Waals surface area (Å²) in [4.78, 5) is 11.3. The van der Waals surface area contributed by atoms with Crippen LogP contribution in [0.1, 0.15) is 18.4 Å². The summed E-state index contributed by atoms with van der Waals surface area (Å²) in [5, 5.41) is 17.4. The van der Waals surface area contributed by atoms with Crippen LogP contribution in [-0.2, 0) is 9.53 Å². The van der Waals surface area contributed by atoms with Crippen LogP contribution in [0.15, 0.2) is 6.20 Å². The van der Waals surface area contributed by atoms with Crippen LogP contribution in [0, 0.1) is 11.3 Å². The Labute approximate surface area is 87.2 Å². The van der Waals surface area contributed by atoms with Gasteiger partial charge in [0.1, 0.15) is 17.5 Å². The summed E-state index contributed by atoms with van der Waals surface area (Å²) in [6.45, 7) is 0.543. The van der Waals surface area contributed by atoms with E-state index in [1.165, 1.54) is 6.20 Å². The number of hydrogen-bond donors (Lipinski definition) is 2. The molecule has 1 heterocycles. The molecule has 6 heteroatoms. The van der Waals surface area contributed by atoms with Crippen molar-refractivity contribution in [3.63, 3.8) is 0 Å². The lowest BCUT2D eigenvalue weighted by atomic mass is 10.3. The molecule has 0 saturated carbocycles. The number of anilines is 1. The number of aromatic nitrogens is 2. The van der Waals surface area contributed by atoms with Crippen molar-refractivity contribution in [1.82, 2.24) is 10.2 Å². The van der Waals surface area contributed by atoms with Crippen LogP contribution in [0.25, 0.3) is 0 Å². The number of amides is 1. The zero-order chi connectivity index (χ0) is 11.1. The third-order valence-corrected chi connectivity index (χ3v) is 1.78. The van der Waals surface area contributed by atoms with E-state index in [1.54, 1.807) is 7.11 Å². The first-order chi connectivity index (χ1) is 7.27. The molecule has 0 bridgehead atoms. The first-order valence-electron chi connectivity index (χ1n) is 4.50. The van der Waals surface area contributed by atoms with Crippen molar-refractivity contribution >= 4 is 11.7 Å². The van der Waals surface area contributed by atoms with Crippen molar-refractivity contribution in [2.24, 2.45) is 0 Å². The molecule has 15 heavy (non-hydrogen) atoms. The number of methoxy groups -OCH3 is 1. The van der Waals surface area contributed by atoms with Gasteiger partial charge in [0, 0.05) is 20.1 Å². The van der Waals surface area contributed by atoms with E-state index in [0.29, 0.717) is 30.8 Å². The molecule has 0 aliphatic heterocycles. The molecule has 1 aromatic rings. The van der Waals surface area contributed by atoms with Crippen LogP contribution in [-0.4, -0.2) is 29.8 Å². The fourth-order valence-electron chi connectivity index (χ4n) is 1.05. The van der Waals surface area contributed by atoms with Gasteiger partial charge in [0.05, 0.1) is 6.20 Å². The van der Waals surface area contributed by atoms with Crippen molar-refractivity contribution in [2.75, 3.05) is 19.0 Å². The van der Waals surface area contributed by atoms with E-state index in [2.05, 4.69) is 15.5 Å². The fraction of sp³-hybridized carbons (Fsp3) is 0.444. The molecule has 6 nitrogen and oxygen atoms in total. The lowest BCUT2D eigenvalue weighted by Gasteiger charge is -2.02. The first kappa shape index (κ1) is 11.2. The predicted octanol–water partition coefficient (Wildman–Crippen LogP) is 0.646. The van der Waals surface area contributed by atoms with Crippen LogP contribution in [0.5, 0.6) is 0 Å². The Morgan fingerprint density at radius 2 is 2.60 bits per heavy atom. The largest absolute Gasteiger partial charge is 0.385 e. The number of nitrogens with one attached hydrogen (secondary N) is 2.